The number of aliphatic hydroxyl groups excluding tert-OH is 2. The summed E-state index contributed by atoms with van der Waals surface area (Å²) < 4.78 is 0. The van der Waals surface area contributed by atoms with Crippen LogP contribution < -0.4 is 5.32 Å². The van der Waals surface area contributed by atoms with Crippen molar-refractivity contribution < 1.29 is 15.3 Å². The third-order valence-electron chi connectivity index (χ3n) is 2.06. The Morgan fingerprint density at radius 1 is 1.31 bits per heavy atom. The summed E-state index contributed by atoms with van der Waals surface area (Å²) in [5.74, 6) is 0.0490. The van der Waals surface area contributed by atoms with Crippen molar-refractivity contribution in [2.24, 2.45) is 0 Å². The molecule has 0 aromatic heterocycles. The molecule has 1 aromatic rings. The Hall–Kier alpha value is -1.10. The second-order valence-corrected chi connectivity index (χ2v) is 3.12. The minimum absolute atomic E-state index is 0.0490. The van der Waals surface area contributed by atoms with E-state index in [0.29, 0.717) is 17.7 Å². The first-order valence-corrected chi connectivity index (χ1v) is 5.44. The summed E-state index contributed by atoms with van der Waals surface area (Å²) in [7, 11) is 1.75. The fourth-order valence-corrected chi connectivity index (χ4v) is 1.25. The zero-order chi connectivity index (χ0) is 12.6. The summed E-state index contributed by atoms with van der Waals surface area (Å²) in [6, 6.07) is 4.70. The monoisotopic (exact) mass is 227 g/mol. The Bertz CT molecular complexity index is 302. The molecule has 16 heavy (non-hydrogen) atoms. The van der Waals surface area contributed by atoms with Crippen LogP contribution in [0.25, 0.3) is 0 Å². The molecule has 0 fully saturated rings. The fourth-order valence-electron chi connectivity index (χ4n) is 1.25. The van der Waals surface area contributed by atoms with Crippen LogP contribution >= 0.6 is 0 Å². The Morgan fingerprint density at radius 2 is 1.94 bits per heavy atom. The van der Waals surface area contributed by atoms with Crippen LogP contribution in [0.5, 0.6) is 5.75 Å². The molecule has 0 heterocycles. The lowest BCUT2D eigenvalue weighted by molar-refractivity contribution is 0.177. The lowest BCUT2D eigenvalue weighted by Gasteiger charge is -2.11. The molecule has 1 aromatic carbocycles. The van der Waals surface area contributed by atoms with E-state index in [4.69, 9.17) is 5.11 Å². The summed E-state index contributed by atoms with van der Waals surface area (Å²) >= 11 is 0. The van der Waals surface area contributed by atoms with E-state index in [2.05, 4.69) is 5.32 Å². The first-order valence-electron chi connectivity index (χ1n) is 5.44. The molecule has 1 atom stereocenters. The van der Waals surface area contributed by atoms with Crippen LogP contribution in [0.4, 0.5) is 0 Å². The van der Waals surface area contributed by atoms with E-state index in [0.717, 1.165) is 0 Å². The summed E-state index contributed by atoms with van der Waals surface area (Å²) in [4.78, 5) is 0. The van der Waals surface area contributed by atoms with Crippen LogP contribution in [0.1, 0.15) is 31.1 Å². The van der Waals surface area contributed by atoms with Gasteiger partial charge in [-0.3, -0.25) is 0 Å². The maximum Gasteiger partial charge on any atom is 0.121 e. The van der Waals surface area contributed by atoms with Gasteiger partial charge in [-0.1, -0.05) is 19.9 Å². The van der Waals surface area contributed by atoms with E-state index < -0.39 is 6.10 Å². The highest BCUT2D eigenvalue weighted by Crippen LogP contribution is 2.21. The molecule has 1 unspecified atom stereocenters. The number of phenols is 1. The topological polar surface area (TPSA) is 72.7 Å². The van der Waals surface area contributed by atoms with Crippen LogP contribution in [0.3, 0.4) is 0 Å². The second-order valence-electron chi connectivity index (χ2n) is 3.12. The number of nitrogens with one attached hydrogen (secondary N) is 1. The van der Waals surface area contributed by atoms with Gasteiger partial charge in [-0.2, -0.15) is 0 Å². The summed E-state index contributed by atoms with van der Waals surface area (Å²) in [6.45, 7) is 4.21. The zero-order valence-corrected chi connectivity index (χ0v) is 10.1. The van der Waals surface area contributed by atoms with E-state index in [1.54, 1.807) is 19.2 Å². The second kappa shape index (κ2) is 8.10. The van der Waals surface area contributed by atoms with E-state index in [1.165, 1.54) is 6.07 Å². The third kappa shape index (κ3) is 4.18. The number of rotatable bonds is 4. The number of hydrogen-bond donors (Lipinski definition) is 4. The van der Waals surface area contributed by atoms with Crippen LogP contribution in [-0.2, 0) is 6.61 Å². The predicted molar refractivity (Wildman–Crippen MR) is 64.3 cm³/mol. The van der Waals surface area contributed by atoms with Gasteiger partial charge in [0.2, 0.25) is 0 Å². The molecular formula is C12H21NO3. The van der Waals surface area contributed by atoms with E-state index in [9.17, 15) is 10.2 Å². The standard InChI is InChI=1S/C10H15NO3.C2H6/c1-11-5-10(14)7-2-3-9(13)8(4-7)6-12;1-2/h2-4,10-14H,5-6H2,1H3;1-2H3. The van der Waals surface area contributed by atoms with Gasteiger partial charge in [-0.25, -0.2) is 0 Å². The number of aliphatic hydroxyl groups is 2. The lowest BCUT2D eigenvalue weighted by Crippen LogP contribution is -2.16. The molecule has 1 rings (SSSR count). The fraction of sp³-hybridized carbons (Fsp3) is 0.500. The normalized spacial score (nSPS) is 11.6. The molecule has 0 aliphatic rings. The quantitative estimate of drug-likeness (QED) is 0.623. The Labute approximate surface area is 96.6 Å². The van der Waals surface area contributed by atoms with Crippen molar-refractivity contribution >= 4 is 0 Å². The smallest absolute Gasteiger partial charge is 0.121 e. The lowest BCUT2D eigenvalue weighted by atomic mass is 10.1. The largest absolute Gasteiger partial charge is 0.508 e. The molecule has 0 aliphatic heterocycles. The maximum atomic E-state index is 9.61. The molecule has 92 valence electrons. The molecule has 0 amide bonds. The SMILES string of the molecule is CC.CNCC(O)c1ccc(O)c(CO)c1. The number of hydrogen-bond acceptors (Lipinski definition) is 4. The van der Waals surface area contributed by atoms with Gasteiger partial charge in [0.05, 0.1) is 12.7 Å². The molecular weight excluding hydrogens is 206 g/mol. The van der Waals surface area contributed by atoms with Crippen molar-refractivity contribution in [2.45, 2.75) is 26.6 Å². The Morgan fingerprint density at radius 3 is 2.44 bits per heavy atom. The number of likely N-dealkylation sites (N-methyl/N-ethyl adjacent to an activating group) is 1. The zero-order valence-electron chi connectivity index (χ0n) is 10.1. The third-order valence-corrected chi connectivity index (χ3v) is 2.06. The average molecular weight is 227 g/mol. The van der Waals surface area contributed by atoms with E-state index in [1.807, 2.05) is 13.8 Å². The van der Waals surface area contributed by atoms with Gasteiger partial charge >= 0.3 is 0 Å². The Balaban J connectivity index is 0.00000106. The van der Waals surface area contributed by atoms with Gasteiger partial charge in [0.15, 0.2) is 0 Å². The van der Waals surface area contributed by atoms with Gasteiger partial charge in [0.25, 0.3) is 0 Å². The molecule has 0 radical (unpaired) electrons. The molecule has 4 N–H and O–H groups in total. The van der Waals surface area contributed by atoms with Crippen LogP contribution in [0, 0.1) is 0 Å². The van der Waals surface area contributed by atoms with Crippen LogP contribution in [-0.4, -0.2) is 28.9 Å². The highest BCUT2D eigenvalue weighted by atomic mass is 16.3. The molecule has 0 bridgehead atoms. The number of benzene rings is 1. The molecule has 0 aliphatic carbocycles. The minimum Gasteiger partial charge on any atom is -0.508 e. The molecule has 0 spiro atoms. The van der Waals surface area contributed by atoms with Crippen molar-refractivity contribution in [3.05, 3.63) is 29.3 Å². The first-order chi connectivity index (χ1) is 7.69. The van der Waals surface area contributed by atoms with Crippen molar-refractivity contribution in [1.82, 2.24) is 5.32 Å². The van der Waals surface area contributed by atoms with Gasteiger partial charge in [0.1, 0.15) is 5.75 Å². The van der Waals surface area contributed by atoms with Crippen molar-refractivity contribution in [3.8, 4) is 5.75 Å². The Kier molecular flexibility index (Phi) is 7.54. The maximum absolute atomic E-state index is 9.61. The summed E-state index contributed by atoms with van der Waals surface area (Å²) in [6.07, 6.45) is -0.620. The van der Waals surface area contributed by atoms with Gasteiger partial charge < -0.3 is 20.6 Å². The van der Waals surface area contributed by atoms with Crippen molar-refractivity contribution in [3.63, 3.8) is 0 Å². The highest BCUT2D eigenvalue weighted by Gasteiger charge is 2.08. The average Bonchev–Trinajstić information content (AvgIpc) is 2.32. The minimum atomic E-state index is -0.620. The molecule has 4 nitrogen and oxygen atoms in total. The predicted octanol–water partition coefficient (Wildman–Crippen LogP) is 1.16. The molecule has 0 saturated heterocycles. The highest BCUT2D eigenvalue weighted by molar-refractivity contribution is 5.36. The van der Waals surface area contributed by atoms with Crippen molar-refractivity contribution in [1.29, 1.82) is 0 Å². The molecule has 0 saturated carbocycles. The van der Waals surface area contributed by atoms with E-state index >= 15 is 0 Å². The molecule has 4 heteroatoms. The van der Waals surface area contributed by atoms with Gasteiger partial charge in [0, 0.05) is 12.1 Å². The van der Waals surface area contributed by atoms with Gasteiger partial charge in [-0.05, 0) is 24.7 Å². The van der Waals surface area contributed by atoms with E-state index in [-0.39, 0.29) is 12.4 Å². The number of aromatic hydroxyl groups is 1. The summed E-state index contributed by atoms with van der Waals surface area (Å²) in [5.41, 5.74) is 1.11. The van der Waals surface area contributed by atoms with Crippen molar-refractivity contribution in [2.75, 3.05) is 13.6 Å². The van der Waals surface area contributed by atoms with Crippen LogP contribution in [0.2, 0.25) is 0 Å². The first kappa shape index (κ1) is 14.9. The van der Waals surface area contributed by atoms with Crippen LogP contribution in [0.15, 0.2) is 18.2 Å². The van der Waals surface area contributed by atoms with Gasteiger partial charge in [-0.15, -0.1) is 0 Å². The summed E-state index contributed by atoms with van der Waals surface area (Å²) in [5, 5.41) is 30.6.